The number of fused-ring (bicyclic) bond motifs is 1. The standard InChI is InChI=1S/C17H16BrClN2O3/c1-2-21(17(22)13-8-12(18)9-20-16(13)19)10-11-4-3-5-14-15(11)24-7-6-23-14/h3-5,8-9H,2,6-7,10H2,1H3. The highest BCUT2D eigenvalue weighted by Gasteiger charge is 2.22. The van der Waals surface area contributed by atoms with Gasteiger partial charge in [-0.1, -0.05) is 23.7 Å². The van der Waals surface area contributed by atoms with Crippen LogP contribution in [0.5, 0.6) is 11.5 Å². The molecule has 7 heteroatoms. The average molecular weight is 412 g/mol. The average Bonchev–Trinajstić information content (AvgIpc) is 2.61. The number of aromatic nitrogens is 1. The minimum absolute atomic E-state index is 0.175. The molecule has 126 valence electrons. The summed E-state index contributed by atoms with van der Waals surface area (Å²) in [6.45, 7) is 3.90. The molecule has 0 N–H and O–H groups in total. The Kier molecular flexibility index (Phi) is 5.26. The number of hydrogen-bond donors (Lipinski definition) is 0. The number of carbonyl (C=O) groups is 1. The molecule has 1 aromatic heterocycles. The molecule has 0 saturated heterocycles. The summed E-state index contributed by atoms with van der Waals surface area (Å²) in [4.78, 5) is 18.5. The lowest BCUT2D eigenvalue weighted by atomic mass is 10.1. The van der Waals surface area contributed by atoms with Crippen molar-refractivity contribution in [1.82, 2.24) is 9.88 Å². The number of rotatable bonds is 4. The molecule has 1 aromatic carbocycles. The van der Waals surface area contributed by atoms with Gasteiger partial charge in [0.2, 0.25) is 0 Å². The van der Waals surface area contributed by atoms with Crippen LogP contribution in [0.25, 0.3) is 0 Å². The highest BCUT2D eigenvalue weighted by molar-refractivity contribution is 9.10. The van der Waals surface area contributed by atoms with E-state index in [1.165, 1.54) is 0 Å². The molecule has 0 fully saturated rings. The van der Waals surface area contributed by atoms with Crippen LogP contribution in [0.4, 0.5) is 0 Å². The first-order valence-electron chi connectivity index (χ1n) is 7.58. The van der Waals surface area contributed by atoms with E-state index in [0.29, 0.717) is 47.8 Å². The van der Waals surface area contributed by atoms with E-state index >= 15 is 0 Å². The molecule has 5 nitrogen and oxygen atoms in total. The summed E-state index contributed by atoms with van der Waals surface area (Å²) in [6.07, 6.45) is 1.56. The molecule has 1 aliphatic rings. The highest BCUT2D eigenvalue weighted by Crippen LogP contribution is 2.34. The molecule has 0 radical (unpaired) electrons. The van der Waals surface area contributed by atoms with E-state index in [1.54, 1.807) is 17.2 Å². The molecule has 2 aromatic rings. The number of amides is 1. The Morgan fingerprint density at radius 2 is 2.17 bits per heavy atom. The summed E-state index contributed by atoms with van der Waals surface area (Å²) in [5, 5.41) is 0.191. The number of ether oxygens (including phenoxy) is 2. The fourth-order valence-electron chi connectivity index (χ4n) is 2.53. The second-order valence-corrected chi connectivity index (χ2v) is 6.53. The maximum absolute atomic E-state index is 12.8. The number of pyridine rings is 1. The number of carbonyl (C=O) groups excluding carboxylic acids is 1. The van der Waals surface area contributed by atoms with Crippen LogP contribution in [0, 0.1) is 0 Å². The predicted molar refractivity (Wildman–Crippen MR) is 94.8 cm³/mol. The fourth-order valence-corrected chi connectivity index (χ4v) is 3.05. The number of para-hydroxylation sites is 1. The van der Waals surface area contributed by atoms with Gasteiger partial charge in [-0.3, -0.25) is 4.79 Å². The van der Waals surface area contributed by atoms with Crippen molar-refractivity contribution in [2.24, 2.45) is 0 Å². The first-order chi connectivity index (χ1) is 11.6. The number of halogens is 2. The smallest absolute Gasteiger partial charge is 0.257 e. The lowest BCUT2D eigenvalue weighted by molar-refractivity contribution is 0.0749. The zero-order valence-electron chi connectivity index (χ0n) is 13.1. The molecular formula is C17H16BrClN2O3. The van der Waals surface area contributed by atoms with Crippen LogP contribution in [0.3, 0.4) is 0 Å². The molecule has 2 heterocycles. The first-order valence-corrected chi connectivity index (χ1v) is 8.75. The topological polar surface area (TPSA) is 51.7 Å². The molecule has 0 atom stereocenters. The Morgan fingerprint density at radius 1 is 1.38 bits per heavy atom. The van der Waals surface area contributed by atoms with Crippen molar-refractivity contribution in [1.29, 1.82) is 0 Å². The summed E-state index contributed by atoms with van der Waals surface area (Å²) in [5.74, 6) is 1.24. The molecule has 0 saturated carbocycles. The largest absolute Gasteiger partial charge is 0.486 e. The lowest BCUT2D eigenvalue weighted by Crippen LogP contribution is -2.31. The fraction of sp³-hybridized carbons (Fsp3) is 0.294. The van der Waals surface area contributed by atoms with Crippen molar-refractivity contribution < 1.29 is 14.3 Å². The van der Waals surface area contributed by atoms with E-state index in [0.717, 1.165) is 5.56 Å². The third-order valence-corrected chi connectivity index (χ3v) is 4.45. The molecule has 24 heavy (non-hydrogen) atoms. The second kappa shape index (κ2) is 7.40. The monoisotopic (exact) mass is 410 g/mol. The molecule has 0 spiro atoms. The molecule has 1 aliphatic heterocycles. The van der Waals surface area contributed by atoms with Gasteiger partial charge in [0.15, 0.2) is 11.5 Å². The summed E-state index contributed by atoms with van der Waals surface area (Å²) in [5.41, 5.74) is 1.27. The Labute approximate surface area is 153 Å². The third kappa shape index (κ3) is 3.49. The van der Waals surface area contributed by atoms with Crippen molar-refractivity contribution in [3.05, 3.63) is 51.2 Å². The van der Waals surface area contributed by atoms with Crippen molar-refractivity contribution in [2.45, 2.75) is 13.5 Å². The normalized spacial score (nSPS) is 12.8. The maximum Gasteiger partial charge on any atom is 0.257 e. The molecule has 0 aliphatic carbocycles. The summed E-state index contributed by atoms with van der Waals surface area (Å²) < 4.78 is 12.0. The Morgan fingerprint density at radius 3 is 2.96 bits per heavy atom. The minimum Gasteiger partial charge on any atom is -0.486 e. The summed E-state index contributed by atoms with van der Waals surface area (Å²) in [6, 6.07) is 7.38. The van der Waals surface area contributed by atoms with Gasteiger partial charge in [0, 0.05) is 29.3 Å². The Hall–Kier alpha value is -1.79. The van der Waals surface area contributed by atoms with Crippen LogP contribution >= 0.6 is 27.5 Å². The SMILES string of the molecule is CCN(Cc1cccc2c1OCCO2)C(=O)c1cc(Br)cnc1Cl. The maximum atomic E-state index is 12.8. The Bertz CT molecular complexity index is 769. The van der Waals surface area contributed by atoms with Gasteiger partial charge < -0.3 is 14.4 Å². The van der Waals surface area contributed by atoms with Crippen LogP contribution in [0.1, 0.15) is 22.8 Å². The van der Waals surface area contributed by atoms with Crippen LogP contribution in [-0.2, 0) is 6.54 Å². The van der Waals surface area contributed by atoms with E-state index in [2.05, 4.69) is 20.9 Å². The van der Waals surface area contributed by atoms with Gasteiger partial charge in [0.25, 0.3) is 5.91 Å². The third-order valence-electron chi connectivity index (χ3n) is 3.71. The molecule has 0 unspecified atom stereocenters. The van der Waals surface area contributed by atoms with E-state index in [-0.39, 0.29) is 11.1 Å². The van der Waals surface area contributed by atoms with E-state index in [1.807, 2.05) is 25.1 Å². The highest BCUT2D eigenvalue weighted by atomic mass is 79.9. The predicted octanol–water partition coefficient (Wildman–Crippen LogP) is 3.93. The van der Waals surface area contributed by atoms with Crippen LogP contribution in [0.15, 0.2) is 34.9 Å². The molecule has 3 rings (SSSR count). The molecular weight excluding hydrogens is 396 g/mol. The van der Waals surface area contributed by atoms with Crippen LogP contribution in [0.2, 0.25) is 5.15 Å². The number of hydrogen-bond acceptors (Lipinski definition) is 4. The second-order valence-electron chi connectivity index (χ2n) is 5.25. The molecule has 1 amide bonds. The van der Waals surface area contributed by atoms with Crippen molar-refractivity contribution in [2.75, 3.05) is 19.8 Å². The molecule has 0 bridgehead atoms. The van der Waals surface area contributed by atoms with Crippen LogP contribution < -0.4 is 9.47 Å². The number of benzene rings is 1. The lowest BCUT2D eigenvalue weighted by Gasteiger charge is -2.25. The van der Waals surface area contributed by atoms with Gasteiger partial charge >= 0.3 is 0 Å². The number of nitrogens with zero attached hydrogens (tertiary/aromatic N) is 2. The zero-order valence-corrected chi connectivity index (χ0v) is 15.4. The van der Waals surface area contributed by atoms with Gasteiger partial charge in [-0.2, -0.15) is 0 Å². The van der Waals surface area contributed by atoms with Crippen molar-refractivity contribution in [3.8, 4) is 11.5 Å². The van der Waals surface area contributed by atoms with Gasteiger partial charge in [0.1, 0.15) is 18.4 Å². The minimum atomic E-state index is -0.175. The van der Waals surface area contributed by atoms with Gasteiger partial charge in [0.05, 0.1) is 5.56 Å². The van der Waals surface area contributed by atoms with Gasteiger partial charge in [-0.05, 0) is 35.0 Å². The first kappa shape index (κ1) is 17.0. The van der Waals surface area contributed by atoms with Crippen molar-refractivity contribution in [3.63, 3.8) is 0 Å². The quantitative estimate of drug-likeness (QED) is 0.715. The van der Waals surface area contributed by atoms with E-state index in [9.17, 15) is 4.79 Å². The Balaban J connectivity index is 1.87. The van der Waals surface area contributed by atoms with E-state index in [4.69, 9.17) is 21.1 Å². The summed E-state index contributed by atoms with van der Waals surface area (Å²) in [7, 11) is 0. The van der Waals surface area contributed by atoms with Gasteiger partial charge in [-0.15, -0.1) is 0 Å². The van der Waals surface area contributed by atoms with Crippen LogP contribution in [-0.4, -0.2) is 35.5 Å². The summed E-state index contributed by atoms with van der Waals surface area (Å²) >= 11 is 9.41. The zero-order chi connectivity index (χ0) is 17.1. The van der Waals surface area contributed by atoms with E-state index < -0.39 is 0 Å². The van der Waals surface area contributed by atoms with Crippen molar-refractivity contribution >= 4 is 33.4 Å². The van der Waals surface area contributed by atoms with Gasteiger partial charge in [-0.25, -0.2) is 4.98 Å².